The minimum absolute atomic E-state index is 0.0170. The fourth-order valence-electron chi connectivity index (χ4n) is 2.42. The monoisotopic (exact) mass is 343 g/mol. The highest BCUT2D eigenvalue weighted by molar-refractivity contribution is 5.93. The van der Waals surface area contributed by atoms with Crippen molar-refractivity contribution in [1.29, 1.82) is 0 Å². The normalized spacial score (nSPS) is 13.4. The lowest BCUT2D eigenvalue weighted by Crippen LogP contribution is -2.41. The van der Waals surface area contributed by atoms with Gasteiger partial charge < -0.3 is 19.5 Å². The molecule has 1 heterocycles. The van der Waals surface area contributed by atoms with Gasteiger partial charge in [0.05, 0.1) is 13.2 Å². The molecule has 7 nitrogen and oxygen atoms in total. The van der Waals surface area contributed by atoms with E-state index in [0.29, 0.717) is 24.9 Å². The van der Waals surface area contributed by atoms with Crippen molar-refractivity contribution in [1.82, 2.24) is 10.1 Å². The van der Waals surface area contributed by atoms with Crippen molar-refractivity contribution < 1.29 is 18.8 Å². The maximum atomic E-state index is 12.4. The largest absolute Gasteiger partial charge is 0.367 e. The molecular weight excluding hydrogens is 322 g/mol. The zero-order chi connectivity index (χ0) is 17.5. The van der Waals surface area contributed by atoms with Gasteiger partial charge in [0, 0.05) is 12.6 Å². The van der Waals surface area contributed by atoms with Gasteiger partial charge in [-0.05, 0) is 24.3 Å². The summed E-state index contributed by atoms with van der Waals surface area (Å²) in [5, 5.41) is 6.23. The standard InChI is InChI=1S/C18H21N3O4/c22-17(19-16-8-9-25-20-16)11-21(10-14-6-7-14)18(23)13-24-12-15-4-2-1-3-5-15/h1-5,8-9,14H,6-7,10-13H2,(H,19,20,22). The first-order valence-electron chi connectivity index (χ1n) is 8.30. The van der Waals surface area contributed by atoms with Gasteiger partial charge in [0.1, 0.15) is 12.9 Å². The molecule has 2 amide bonds. The molecule has 132 valence electrons. The number of anilines is 1. The molecule has 2 aromatic rings. The number of aromatic nitrogens is 1. The quantitative estimate of drug-likeness (QED) is 0.753. The Morgan fingerprint density at radius 2 is 2.04 bits per heavy atom. The number of rotatable bonds is 9. The molecular formula is C18H21N3O4. The van der Waals surface area contributed by atoms with Crippen LogP contribution in [0.3, 0.4) is 0 Å². The van der Waals surface area contributed by atoms with E-state index in [4.69, 9.17) is 4.74 Å². The lowest BCUT2D eigenvalue weighted by Gasteiger charge is -2.21. The van der Waals surface area contributed by atoms with Crippen molar-refractivity contribution in [3.8, 4) is 0 Å². The van der Waals surface area contributed by atoms with Crippen molar-refractivity contribution in [3.63, 3.8) is 0 Å². The van der Waals surface area contributed by atoms with Gasteiger partial charge in [0.25, 0.3) is 0 Å². The van der Waals surface area contributed by atoms with E-state index in [-0.39, 0.29) is 25.0 Å². The molecule has 0 radical (unpaired) electrons. The van der Waals surface area contributed by atoms with E-state index in [1.54, 1.807) is 11.0 Å². The SMILES string of the molecule is O=C(CN(CC1CC1)C(=O)COCc1ccccc1)Nc1ccon1. The third-order valence-electron chi connectivity index (χ3n) is 3.91. The Hall–Kier alpha value is -2.67. The van der Waals surface area contributed by atoms with Crippen LogP contribution in [0.1, 0.15) is 18.4 Å². The van der Waals surface area contributed by atoms with Crippen LogP contribution in [0.25, 0.3) is 0 Å². The van der Waals surface area contributed by atoms with Crippen molar-refractivity contribution in [2.75, 3.05) is 25.0 Å². The number of benzene rings is 1. The zero-order valence-corrected chi connectivity index (χ0v) is 13.9. The van der Waals surface area contributed by atoms with E-state index in [0.717, 1.165) is 18.4 Å². The van der Waals surface area contributed by atoms with Gasteiger partial charge in [-0.1, -0.05) is 35.5 Å². The predicted octanol–water partition coefficient (Wildman–Crippen LogP) is 2.07. The van der Waals surface area contributed by atoms with Crippen LogP contribution in [0.4, 0.5) is 5.82 Å². The Balaban J connectivity index is 1.48. The third-order valence-corrected chi connectivity index (χ3v) is 3.91. The van der Waals surface area contributed by atoms with Gasteiger partial charge >= 0.3 is 0 Å². The van der Waals surface area contributed by atoms with Crippen molar-refractivity contribution in [2.45, 2.75) is 19.4 Å². The summed E-state index contributed by atoms with van der Waals surface area (Å²) in [6.45, 7) is 0.893. The number of amides is 2. The predicted molar refractivity (Wildman–Crippen MR) is 90.5 cm³/mol. The maximum absolute atomic E-state index is 12.4. The molecule has 1 N–H and O–H groups in total. The number of hydrogen-bond donors (Lipinski definition) is 1. The highest BCUT2D eigenvalue weighted by atomic mass is 16.5. The fraction of sp³-hybridized carbons (Fsp3) is 0.389. The third kappa shape index (κ3) is 5.72. The van der Waals surface area contributed by atoms with Gasteiger partial charge in [0.15, 0.2) is 5.82 Å². The molecule has 0 unspecified atom stereocenters. The Morgan fingerprint density at radius 3 is 2.72 bits per heavy atom. The second kappa shape index (κ2) is 8.43. The first kappa shape index (κ1) is 17.2. The summed E-state index contributed by atoms with van der Waals surface area (Å²) in [5.74, 6) is 0.339. The molecule has 3 rings (SSSR count). The summed E-state index contributed by atoms with van der Waals surface area (Å²) in [6.07, 6.45) is 3.57. The number of hydrogen-bond acceptors (Lipinski definition) is 5. The van der Waals surface area contributed by atoms with Crippen molar-refractivity contribution in [3.05, 3.63) is 48.2 Å². The molecule has 7 heteroatoms. The summed E-state index contributed by atoms with van der Waals surface area (Å²) in [6, 6.07) is 11.2. The lowest BCUT2D eigenvalue weighted by molar-refractivity contribution is -0.139. The van der Waals surface area contributed by atoms with Gasteiger partial charge in [0.2, 0.25) is 11.8 Å². The number of nitrogens with zero attached hydrogens (tertiary/aromatic N) is 2. The summed E-state index contributed by atoms with van der Waals surface area (Å²) in [4.78, 5) is 26.1. The molecule has 1 aliphatic rings. The van der Waals surface area contributed by atoms with E-state index >= 15 is 0 Å². The first-order chi connectivity index (χ1) is 12.2. The van der Waals surface area contributed by atoms with Crippen LogP contribution < -0.4 is 5.32 Å². The van der Waals surface area contributed by atoms with E-state index in [1.807, 2.05) is 30.3 Å². The molecule has 1 aromatic carbocycles. The number of nitrogens with one attached hydrogen (secondary N) is 1. The van der Waals surface area contributed by atoms with Crippen LogP contribution >= 0.6 is 0 Å². The second-order valence-electron chi connectivity index (χ2n) is 6.13. The number of carbonyl (C=O) groups is 2. The van der Waals surface area contributed by atoms with Crippen LogP contribution in [0.15, 0.2) is 47.2 Å². The van der Waals surface area contributed by atoms with Gasteiger partial charge in [-0.3, -0.25) is 9.59 Å². The minimum Gasteiger partial charge on any atom is -0.367 e. The zero-order valence-electron chi connectivity index (χ0n) is 13.9. The Kier molecular flexibility index (Phi) is 5.79. The topological polar surface area (TPSA) is 84.7 Å². The Labute approximate surface area is 145 Å². The van der Waals surface area contributed by atoms with Crippen LogP contribution in [-0.4, -0.2) is 41.6 Å². The van der Waals surface area contributed by atoms with E-state index in [1.165, 1.54) is 6.26 Å². The molecule has 0 saturated heterocycles. The Morgan fingerprint density at radius 1 is 1.24 bits per heavy atom. The lowest BCUT2D eigenvalue weighted by atomic mass is 10.2. The van der Waals surface area contributed by atoms with Crippen LogP contribution in [0.2, 0.25) is 0 Å². The van der Waals surface area contributed by atoms with Gasteiger partial charge in [-0.25, -0.2) is 0 Å². The summed E-state index contributed by atoms with van der Waals surface area (Å²) < 4.78 is 10.2. The van der Waals surface area contributed by atoms with E-state index in [2.05, 4.69) is 15.0 Å². The minimum atomic E-state index is -0.300. The van der Waals surface area contributed by atoms with Gasteiger partial charge in [-0.15, -0.1) is 0 Å². The van der Waals surface area contributed by atoms with Crippen molar-refractivity contribution in [2.24, 2.45) is 5.92 Å². The number of ether oxygens (including phenoxy) is 1. The average molecular weight is 343 g/mol. The molecule has 0 atom stereocenters. The van der Waals surface area contributed by atoms with E-state index in [9.17, 15) is 9.59 Å². The Bertz CT molecular complexity index is 684. The molecule has 0 aliphatic heterocycles. The van der Waals surface area contributed by atoms with Crippen LogP contribution in [-0.2, 0) is 20.9 Å². The molecule has 0 spiro atoms. The molecule has 1 aromatic heterocycles. The molecule has 1 saturated carbocycles. The van der Waals surface area contributed by atoms with Crippen LogP contribution in [0, 0.1) is 5.92 Å². The first-order valence-corrected chi connectivity index (χ1v) is 8.30. The maximum Gasteiger partial charge on any atom is 0.249 e. The van der Waals surface area contributed by atoms with E-state index < -0.39 is 0 Å². The highest BCUT2D eigenvalue weighted by Gasteiger charge is 2.28. The number of carbonyl (C=O) groups excluding carboxylic acids is 2. The molecule has 25 heavy (non-hydrogen) atoms. The summed E-state index contributed by atoms with van der Waals surface area (Å²) >= 11 is 0. The fourth-order valence-corrected chi connectivity index (χ4v) is 2.42. The smallest absolute Gasteiger partial charge is 0.249 e. The highest BCUT2D eigenvalue weighted by Crippen LogP contribution is 2.29. The summed E-state index contributed by atoms with van der Waals surface area (Å²) in [5.41, 5.74) is 1.01. The molecule has 1 aliphatic carbocycles. The van der Waals surface area contributed by atoms with Gasteiger partial charge in [-0.2, -0.15) is 0 Å². The molecule has 1 fully saturated rings. The average Bonchev–Trinajstić information content (AvgIpc) is 3.29. The van der Waals surface area contributed by atoms with Crippen LogP contribution in [0.5, 0.6) is 0 Å². The molecule has 0 bridgehead atoms. The summed E-state index contributed by atoms with van der Waals surface area (Å²) in [7, 11) is 0. The van der Waals surface area contributed by atoms with Crippen molar-refractivity contribution >= 4 is 17.6 Å². The second-order valence-corrected chi connectivity index (χ2v) is 6.13.